The highest BCUT2D eigenvalue weighted by molar-refractivity contribution is 7.99. The Hall–Kier alpha value is -1.66. The average molecular weight is 295 g/mol. The molecule has 2 N–H and O–H groups in total. The molecule has 0 spiro atoms. The molecule has 0 saturated carbocycles. The van der Waals surface area contributed by atoms with Gasteiger partial charge in [0, 0.05) is 4.90 Å². The molecule has 0 aliphatic rings. The number of hydrogen-bond donors (Lipinski definition) is 2. The second kappa shape index (κ2) is 5.54. The fourth-order valence-electron chi connectivity index (χ4n) is 1.56. The normalized spacial score (nSPS) is 11.2. The first-order valence-corrected chi connectivity index (χ1v) is 8.18. The number of hydrogen-bond acceptors (Lipinski definition) is 4. The van der Waals surface area contributed by atoms with Gasteiger partial charge < -0.3 is 5.11 Å². The maximum absolute atomic E-state index is 12.2. The van der Waals surface area contributed by atoms with Gasteiger partial charge in [0.05, 0.1) is 10.6 Å². The first kappa shape index (κ1) is 13.8. The van der Waals surface area contributed by atoms with Gasteiger partial charge in [0.1, 0.15) is 5.75 Å². The molecule has 0 bridgehead atoms. The molecule has 0 heterocycles. The third kappa shape index (κ3) is 3.21. The van der Waals surface area contributed by atoms with E-state index in [1.165, 1.54) is 36.0 Å². The van der Waals surface area contributed by atoms with Gasteiger partial charge in [0.2, 0.25) is 0 Å². The number of phenolic OH excluding ortho intramolecular Hbond substituents is 1. The van der Waals surface area contributed by atoms with Gasteiger partial charge in [-0.3, -0.25) is 4.72 Å². The van der Waals surface area contributed by atoms with E-state index in [2.05, 4.69) is 4.72 Å². The summed E-state index contributed by atoms with van der Waals surface area (Å²) in [7, 11) is -3.64. The zero-order chi connectivity index (χ0) is 13.9. The van der Waals surface area contributed by atoms with E-state index >= 15 is 0 Å². The van der Waals surface area contributed by atoms with E-state index in [0.717, 1.165) is 4.90 Å². The highest BCUT2D eigenvalue weighted by Crippen LogP contribution is 2.27. The minimum atomic E-state index is -3.64. The van der Waals surface area contributed by atoms with E-state index in [1.807, 2.05) is 18.4 Å². The molecule has 2 aromatic rings. The number of anilines is 1. The summed E-state index contributed by atoms with van der Waals surface area (Å²) in [6, 6.07) is 12.6. The van der Waals surface area contributed by atoms with Crippen LogP contribution in [0, 0.1) is 0 Å². The molecule has 19 heavy (non-hydrogen) atoms. The van der Waals surface area contributed by atoms with Crippen molar-refractivity contribution in [3.63, 3.8) is 0 Å². The molecule has 6 heteroatoms. The Morgan fingerprint density at radius 2 is 1.68 bits per heavy atom. The molecule has 0 unspecified atom stereocenters. The van der Waals surface area contributed by atoms with Crippen LogP contribution in [0.5, 0.6) is 5.75 Å². The van der Waals surface area contributed by atoms with Crippen molar-refractivity contribution in [1.29, 1.82) is 0 Å². The minimum absolute atomic E-state index is 0.0310. The van der Waals surface area contributed by atoms with E-state index in [0.29, 0.717) is 5.69 Å². The summed E-state index contributed by atoms with van der Waals surface area (Å²) in [5.74, 6) is 0.0310. The molecule has 2 rings (SSSR count). The summed E-state index contributed by atoms with van der Waals surface area (Å²) < 4.78 is 26.9. The summed E-state index contributed by atoms with van der Waals surface area (Å²) in [6.45, 7) is 0. The topological polar surface area (TPSA) is 66.4 Å². The number of para-hydroxylation sites is 1. The predicted molar refractivity (Wildman–Crippen MR) is 77.1 cm³/mol. The van der Waals surface area contributed by atoms with Crippen molar-refractivity contribution in [2.75, 3.05) is 11.0 Å². The molecule has 0 saturated heterocycles. The van der Waals surface area contributed by atoms with E-state index in [-0.39, 0.29) is 10.6 Å². The highest BCUT2D eigenvalue weighted by atomic mass is 32.2. The molecule has 0 fully saturated rings. The van der Waals surface area contributed by atoms with Crippen LogP contribution in [0.1, 0.15) is 0 Å². The average Bonchev–Trinajstić information content (AvgIpc) is 2.39. The summed E-state index contributed by atoms with van der Waals surface area (Å²) in [5, 5.41) is 9.18. The lowest BCUT2D eigenvalue weighted by molar-refractivity contribution is 0.475. The number of aromatic hydroxyl groups is 1. The monoisotopic (exact) mass is 295 g/mol. The molecular formula is C13H13NO3S2. The number of nitrogens with one attached hydrogen (secondary N) is 1. The van der Waals surface area contributed by atoms with Crippen LogP contribution in [-0.4, -0.2) is 19.8 Å². The van der Waals surface area contributed by atoms with Crippen LogP contribution in [0.4, 0.5) is 5.69 Å². The van der Waals surface area contributed by atoms with E-state index in [9.17, 15) is 13.5 Å². The Kier molecular flexibility index (Phi) is 4.01. The van der Waals surface area contributed by atoms with Gasteiger partial charge >= 0.3 is 0 Å². The van der Waals surface area contributed by atoms with Gasteiger partial charge in [-0.05, 0) is 42.7 Å². The Morgan fingerprint density at radius 1 is 1.05 bits per heavy atom. The summed E-state index contributed by atoms with van der Waals surface area (Å²) in [5.41, 5.74) is 0.545. The van der Waals surface area contributed by atoms with Crippen molar-refractivity contribution in [2.45, 2.75) is 9.79 Å². The van der Waals surface area contributed by atoms with Crippen LogP contribution >= 0.6 is 11.8 Å². The summed E-state index contributed by atoms with van der Waals surface area (Å²) >= 11 is 1.47. The molecule has 0 amide bonds. The number of rotatable bonds is 4. The molecule has 0 aliphatic carbocycles. The lowest BCUT2D eigenvalue weighted by Crippen LogP contribution is -2.13. The second-order valence-electron chi connectivity index (χ2n) is 3.80. The molecule has 0 atom stereocenters. The van der Waals surface area contributed by atoms with Crippen LogP contribution < -0.4 is 4.72 Å². The zero-order valence-corrected chi connectivity index (χ0v) is 11.8. The lowest BCUT2D eigenvalue weighted by Gasteiger charge is -2.11. The first-order valence-electron chi connectivity index (χ1n) is 5.48. The molecular weight excluding hydrogens is 282 g/mol. The third-order valence-electron chi connectivity index (χ3n) is 2.50. The van der Waals surface area contributed by atoms with Gasteiger partial charge in [-0.15, -0.1) is 11.8 Å². The van der Waals surface area contributed by atoms with Crippen LogP contribution in [0.2, 0.25) is 0 Å². The van der Waals surface area contributed by atoms with Crippen molar-refractivity contribution < 1.29 is 13.5 Å². The number of phenols is 1. The maximum Gasteiger partial charge on any atom is 0.261 e. The van der Waals surface area contributed by atoms with Crippen molar-refractivity contribution in [3.05, 3.63) is 48.5 Å². The largest absolute Gasteiger partial charge is 0.508 e. The van der Waals surface area contributed by atoms with Crippen molar-refractivity contribution >= 4 is 27.5 Å². The van der Waals surface area contributed by atoms with Gasteiger partial charge in [0.25, 0.3) is 10.0 Å². The van der Waals surface area contributed by atoms with Crippen LogP contribution in [0.25, 0.3) is 0 Å². The van der Waals surface area contributed by atoms with Gasteiger partial charge in [-0.2, -0.15) is 0 Å². The second-order valence-corrected chi connectivity index (χ2v) is 6.33. The molecule has 0 radical (unpaired) electrons. The summed E-state index contributed by atoms with van der Waals surface area (Å²) in [4.78, 5) is 0.964. The maximum atomic E-state index is 12.2. The standard InChI is InChI=1S/C13H13NO3S2/c1-18-13-5-3-2-4-12(13)14-19(16,17)11-8-6-10(15)7-9-11/h2-9,14-15H,1H3. The quantitative estimate of drug-likeness (QED) is 0.851. The van der Waals surface area contributed by atoms with E-state index in [1.54, 1.807) is 12.1 Å². The number of thioether (sulfide) groups is 1. The lowest BCUT2D eigenvalue weighted by atomic mass is 10.3. The third-order valence-corrected chi connectivity index (χ3v) is 4.68. The van der Waals surface area contributed by atoms with Crippen LogP contribution in [0.3, 0.4) is 0 Å². The van der Waals surface area contributed by atoms with Gasteiger partial charge in [-0.25, -0.2) is 8.42 Å². The fourth-order valence-corrected chi connectivity index (χ4v) is 3.26. The molecule has 100 valence electrons. The Balaban J connectivity index is 2.34. The summed E-state index contributed by atoms with van der Waals surface area (Å²) in [6.07, 6.45) is 1.88. The molecule has 0 aliphatic heterocycles. The Bertz CT molecular complexity index is 667. The molecule has 0 aromatic heterocycles. The van der Waals surface area contributed by atoms with E-state index < -0.39 is 10.0 Å². The molecule has 2 aromatic carbocycles. The van der Waals surface area contributed by atoms with Gasteiger partial charge in [0.15, 0.2) is 0 Å². The number of sulfonamides is 1. The fraction of sp³-hybridized carbons (Fsp3) is 0.0769. The SMILES string of the molecule is CSc1ccccc1NS(=O)(=O)c1ccc(O)cc1. The van der Waals surface area contributed by atoms with E-state index in [4.69, 9.17) is 0 Å². The highest BCUT2D eigenvalue weighted by Gasteiger charge is 2.15. The number of benzene rings is 2. The van der Waals surface area contributed by atoms with Crippen molar-refractivity contribution in [3.8, 4) is 5.75 Å². The Labute approximate surface area is 116 Å². The Morgan fingerprint density at radius 3 is 2.32 bits per heavy atom. The first-order chi connectivity index (χ1) is 9.03. The van der Waals surface area contributed by atoms with Crippen LogP contribution in [0.15, 0.2) is 58.3 Å². The van der Waals surface area contributed by atoms with Crippen molar-refractivity contribution in [1.82, 2.24) is 0 Å². The predicted octanol–water partition coefficient (Wildman–Crippen LogP) is 2.91. The smallest absolute Gasteiger partial charge is 0.261 e. The van der Waals surface area contributed by atoms with Gasteiger partial charge in [-0.1, -0.05) is 12.1 Å². The van der Waals surface area contributed by atoms with Crippen LogP contribution in [-0.2, 0) is 10.0 Å². The molecule has 4 nitrogen and oxygen atoms in total. The van der Waals surface area contributed by atoms with Crippen molar-refractivity contribution in [2.24, 2.45) is 0 Å². The minimum Gasteiger partial charge on any atom is -0.508 e. The zero-order valence-electron chi connectivity index (χ0n) is 10.2.